The molecule has 7 atom stereocenters. The highest BCUT2D eigenvalue weighted by Crippen LogP contribution is 2.51. The van der Waals surface area contributed by atoms with E-state index in [9.17, 15) is 0 Å². The van der Waals surface area contributed by atoms with E-state index in [0.717, 1.165) is 35.5 Å². The summed E-state index contributed by atoms with van der Waals surface area (Å²) in [5.74, 6) is 5.91. The standard InChI is InChI=1S/C21H41PS/c1-5-8-18-13-17(4)21(6-2)20(14-18)15-22(23)12-11-19-10-7-9-16(19)3/h16-21,23H,5-15H2,1-4H3/t16?,17?,18?,19-,20?,21?,22?/m1/s1. The average molecular weight is 357 g/mol. The minimum Gasteiger partial charge on any atom is -0.151 e. The van der Waals surface area contributed by atoms with Gasteiger partial charge >= 0.3 is 0 Å². The van der Waals surface area contributed by atoms with E-state index in [1.54, 1.807) is 0 Å². The summed E-state index contributed by atoms with van der Waals surface area (Å²) in [6.07, 6.45) is 16.0. The molecule has 0 aliphatic heterocycles. The molecule has 0 amide bonds. The fourth-order valence-electron chi connectivity index (χ4n) is 5.78. The first-order valence-corrected chi connectivity index (χ1v) is 13.3. The van der Waals surface area contributed by atoms with Crippen LogP contribution in [0, 0.1) is 35.5 Å². The molecular weight excluding hydrogens is 315 g/mol. The van der Waals surface area contributed by atoms with Gasteiger partial charge in [0, 0.05) is 0 Å². The lowest BCUT2D eigenvalue weighted by Crippen LogP contribution is -2.32. The summed E-state index contributed by atoms with van der Waals surface area (Å²) in [5.41, 5.74) is 0. The Labute approximate surface area is 152 Å². The van der Waals surface area contributed by atoms with Gasteiger partial charge in [-0.25, -0.2) is 0 Å². The summed E-state index contributed by atoms with van der Waals surface area (Å²) < 4.78 is 0. The molecule has 0 saturated heterocycles. The summed E-state index contributed by atoms with van der Waals surface area (Å²) in [7, 11) is -0.0239. The van der Waals surface area contributed by atoms with Crippen LogP contribution in [0.4, 0.5) is 0 Å². The Balaban J connectivity index is 1.82. The lowest BCUT2D eigenvalue weighted by Gasteiger charge is -2.41. The van der Waals surface area contributed by atoms with Crippen LogP contribution >= 0.6 is 19.4 Å². The second-order valence-corrected chi connectivity index (χ2v) is 12.3. The van der Waals surface area contributed by atoms with Crippen molar-refractivity contribution >= 4 is 19.4 Å². The Bertz CT molecular complexity index is 332. The summed E-state index contributed by atoms with van der Waals surface area (Å²) in [6, 6.07) is 0. The fraction of sp³-hybridized carbons (Fsp3) is 1.00. The van der Waals surface area contributed by atoms with Crippen molar-refractivity contribution in [1.82, 2.24) is 0 Å². The van der Waals surface area contributed by atoms with Crippen LogP contribution in [0.2, 0.25) is 0 Å². The van der Waals surface area contributed by atoms with Crippen LogP contribution in [0.15, 0.2) is 0 Å². The van der Waals surface area contributed by atoms with Gasteiger partial charge in [-0.3, -0.25) is 0 Å². The molecule has 2 aliphatic carbocycles. The number of hydrogen-bond acceptors (Lipinski definition) is 1. The van der Waals surface area contributed by atoms with Crippen LogP contribution in [0.1, 0.15) is 85.5 Å². The van der Waals surface area contributed by atoms with E-state index >= 15 is 0 Å². The molecule has 0 spiro atoms. The molecule has 0 radical (unpaired) electrons. The van der Waals surface area contributed by atoms with E-state index in [4.69, 9.17) is 12.2 Å². The predicted octanol–water partition coefficient (Wildman–Crippen LogP) is 7.63. The van der Waals surface area contributed by atoms with Crippen LogP contribution in [0.3, 0.4) is 0 Å². The Morgan fingerprint density at radius 1 is 0.957 bits per heavy atom. The van der Waals surface area contributed by atoms with Crippen molar-refractivity contribution in [3.8, 4) is 0 Å². The molecule has 6 unspecified atom stereocenters. The lowest BCUT2D eigenvalue weighted by atomic mass is 9.67. The molecule has 2 aliphatic rings. The zero-order valence-electron chi connectivity index (χ0n) is 16.1. The minimum atomic E-state index is -0.0239. The van der Waals surface area contributed by atoms with E-state index in [1.807, 2.05) is 0 Å². The van der Waals surface area contributed by atoms with E-state index in [-0.39, 0.29) is 7.12 Å². The van der Waals surface area contributed by atoms with Gasteiger partial charge in [-0.2, -0.15) is 12.2 Å². The molecule has 2 heteroatoms. The molecule has 0 aromatic heterocycles. The molecule has 0 bridgehead atoms. The maximum absolute atomic E-state index is 5.10. The molecule has 2 saturated carbocycles. The van der Waals surface area contributed by atoms with Gasteiger partial charge in [0.05, 0.1) is 0 Å². The number of thiol groups is 1. The molecule has 23 heavy (non-hydrogen) atoms. The summed E-state index contributed by atoms with van der Waals surface area (Å²) in [5, 5.41) is 0. The van der Waals surface area contributed by atoms with Crippen LogP contribution in [-0.4, -0.2) is 12.3 Å². The van der Waals surface area contributed by atoms with E-state index in [2.05, 4.69) is 27.7 Å². The summed E-state index contributed by atoms with van der Waals surface area (Å²) in [4.78, 5) is 0. The van der Waals surface area contributed by atoms with Crippen molar-refractivity contribution in [3.63, 3.8) is 0 Å². The van der Waals surface area contributed by atoms with E-state index < -0.39 is 0 Å². The molecule has 0 aromatic carbocycles. The topological polar surface area (TPSA) is 0 Å². The van der Waals surface area contributed by atoms with Gasteiger partial charge in [-0.1, -0.05) is 66.2 Å². The first-order valence-electron chi connectivity index (χ1n) is 10.5. The number of rotatable bonds is 8. The van der Waals surface area contributed by atoms with Crippen molar-refractivity contribution in [2.24, 2.45) is 35.5 Å². The van der Waals surface area contributed by atoms with Crippen molar-refractivity contribution in [3.05, 3.63) is 0 Å². The van der Waals surface area contributed by atoms with Crippen molar-refractivity contribution in [2.75, 3.05) is 12.3 Å². The highest BCUT2D eigenvalue weighted by Gasteiger charge is 2.35. The van der Waals surface area contributed by atoms with E-state index in [0.29, 0.717) is 0 Å². The maximum atomic E-state index is 5.10. The van der Waals surface area contributed by atoms with Crippen molar-refractivity contribution in [1.29, 1.82) is 0 Å². The highest BCUT2D eigenvalue weighted by atomic mass is 32.7. The second-order valence-electron chi connectivity index (χ2n) is 8.81. The zero-order valence-corrected chi connectivity index (χ0v) is 17.9. The minimum absolute atomic E-state index is 0.0239. The van der Waals surface area contributed by atoms with Gasteiger partial charge in [0.25, 0.3) is 0 Å². The summed E-state index contributed by atoms with van der Waals surface area (Å²) >= 11 is 5.10. The molecule has 0 aromatic rings. The van der Waals surface area contributed by atoms with Gasteiger partial charge in [0.2, 0.25) is 0 Å². The molecular formula is C21H41PS. The smallest absolute Gasteiger partial charge is 0.0204 e. The first kappa shape index (κ1) is 20.1. The largest absolute Gasteiger partial charge is 0.151 e. The van der Waals surface area contributed by atoms with Crippen LogP contribution in [0.5, 0.6) is 0 Å². The third-order valence-corrected chi connectivity index (χ3v) is 9.84. The maximum Gasteiger partial charge on any atom is -0.0204 e. The normalized spacial score (nSPS) is 39.5. The monoisotopic (exact) mass is 356 g/mol. The zero-order chi connectivity index (χ0) is 16.8. The first-order chi connectivity index (χ1) is 11.0. The van der Waals surface area contributed by atoms with Gasteiger partial charge in [0.1, 0.15) is 0 Å². The molecule has 0 N–H and O–H groups in total. The van der Waals surface area contributed by atoms with Gasteiger partial charge in [-0.05, 0) is 74.2 Å². The Kier molecular flexibility index (Phi) is 8.79. The molecule has 0 heterocycles. The van der Waals surface area contributed by atoms with Gasteiger partial charge < -0.3 is 0 Å². The number of hydrogen-bond donors (Lipinski definition) is 1. The van der Waals surface area contributed by atoms with Gasteiger partial charge in [0.15, 0.2) is 0 Å². The predicted molar refractivity (Wildman–Crippen MR) is 111 cm³/mol. The summed E-state index contributed by atoms with van der Waals surface area (Å²) in [6.45, 7) is 9.79. The molecule has 2 fully saturated rings. The lowest BCUT2D eigenvalue weighted by molar-refractivity contribution is 0.121. The van der Waals surface area contributed by atoms with Gasteiger partial charge in [-0.15, -0.1) is 0 Å². The average Bonchev–Trinajstić information content (AvgIpc) is 2.91. The quantitative estimate of drug-likeness (QED) is 0.335. The van der Waals surface area contributed by atoms with Crippen LogP contribution < -0.4 is 0 Å². The third-order valence-electron chi connectivity index (χ3n) is 7.09. The Morgan fingerprint density at radius 3 is 2.35 bits per heavy atom. The van der Waals surface area contributed by atoms with E-state index in [1.165, 1.54) is 70.1 Å². The van der Waals surface area contributed by atoms with Crippen molar-refractivity contribution in [2.45, 2.75) is 85.5 Å². The fourth-order valence-corrected chi connectivity index (χ4v) is 8.53. The second kappa shape index (κ2) is 10.1. The van der Waals surface area contributed by atoms with Crippen LogP contribution in [0.25, 0.3) is 0 Å². The molecule has 0 nitrogen and oxygen atoms in total. The van der Waals surface area contributed by atoms with Crippen molar-refractivity contribution < 1.29 is 0 Å². The Morgan fingerprint density at radius 2 is 1.74 bits per heavy atom. The highest BCUT2D eigenvalue weighted by molar-refractivity contribution is 8.45. The van der Waals surface area contributed by atoms with Crippen LogP contribution in [-0.2, 0) is 0 Å². The Hall–Kier alpha value is 0.780. The third kappa shape index (κ3) is 5.91. The molecule has 136 valence electrons. The molecule has 2 rings (SSSR count). The SMILES string of the molecule is CCCC1CC(C)C(CC)C(CP(S)CC[C@H]2CCCC2C)C1.